The molecule has 2 atom stereocenters. The van der Waals surface area contributed by atoms with Gasteiger partial charge in [-0.25, -0.2) is 5.43 Å². The van der Waals surface area contributed by atoms with Gasteiger partial charge in [-0.3, -0.25) is 9.59 Å². The van der Waals surface area contributed by atoms with Crippen molar-refractivity contribution in [2.24, 2.45) is 11.0 Å². The number of nitrogens with zero attached hydrogens (tertiary/aromatic N) is 1. The average molecular weight is 327 g/mol. The number of carbonyl (C=O) groups excluding carboxylic acids is 2. The predicted octanol–water partition coefficient (Wildman–Crippen LogP) is 2.12. The molecule has 1 aromatic heterocycles. The van der Waals surface area contributed by atoms with E-state index in [9.17, 15) is 9.59 Å². The Morgan fingerprint density at radius 2 is 2.04 bits per heavy atom. The Hall–Kier alpha value is -2.47. The monoisotopic (exact) mass is 327 g/mol. The molecule has 0 spiro atoms. The molecule has 0 aliphatic carbocycles. The minimum absolute atomic E-state index is 0.166. The lowest BCUT2D eigenvalue weighted by molar-refractivity contribution is -0.133. The molecule has 2 heterocycles. The summed E-state index contributed by atoms with van der Waals surface area (Å²) in [5.74, 6) is -1.54. The molecule has 2 aromatic rings. The molecule has 2 unspecified atom stereocenters. The van der Waals surface area contributed by atoms with E-state index in [1.54, 1.807) is 11.3 Å². The van der Waals surface area contributed by atoms with Crippen LogP contribution in [0.2, 0.25) is 0 Å². The molecule has 23 heavy (non-hydrogen) atoms. The highest BCUT2D eigenvalue weighted by Gasteiger charge is 2.40. The zero-order valence-electron chi connectivity index (χ0n) is 12.7. The van der Waals surface area contributed by atoms with E-state index >= 15 is 0 Å². The van der Waals surface area contributed by atoms with Gasteiger partial charge in [0, 0.05) is 17.3 Å². The number of thiophene rings is 1. The summed E-state index contributed by atoms with van der Waals surface area (Å²) in [6.07, 6.45) is 0. The average Bonchev–Trinajstić information content (AvgIpc) is 3.23. The third kappa shape index (κ3) is 3.32. The van der Waals surface area contributed by atoms with Crippen LogP contribution in [-0.4, -0.2) is 24.1 Å². The van der Waals surface area contributed by atoms with Gasteiger partial charge in [0.25, 0.3) is 5.91 Å². The van der Waals surface area contributed by atoms with E-state index in [1.807, 2.05) is 54.8 Å². The van der Waals surface area contributed by atoms with Gasteiger partial charge in [-0.2, -0.15) is 5.10 Å². The highest BCUT2D eigenvalue weighted by molar-refractivity contribution is 7.12. The van der Waals surface area contributed by atoms with Crippen molar-refractivity contribution in [3.05, 3.63) is 58.3 Å². The summed E-state index contributed by atoms with van der Waals surface area (Å²) in [4.78, 5) is 25.5. The van der Waals surface area contributed by atoms with E-state index in [4.69, 9.17) is 0 Å². The van der Waals surface area contributed by atoms with Gasteiger partial charge in [0.15, 0.2) is 0 Å². The number of nitrogens with one attached hydrogen (secondary N) is 2. The molecule has 6 heteroatoms. The van der Waals surface area contributed by atoms with Gasteiger partial charge in [-0.15, -0.1) is 11.3 Å². The van der Waals surface area contributed by atoms with Crippen molar-refractivity contribution < 1.29 is 9.59 Å². The fraction of sp³-hybridized carbons (Fsp3) is 0.235. The number of carbonyl (C=O) groups is 2. The standard InChI is InChI=1S/C17H17N3O2S/c1-11(14-8-5-9-23-14)19-20-17(22)15-13(10-18-16(15)21)12-6-3-2-4-7-12/h2-9,13,15H,10H2,1H3,(H,18,21)(H,20,22)/b19-11-. The maximum Gasteiger partial charge on any atom is 0.253 e. The highest BCUT2D eigenvalue weighted by atomic mass is 32.1. The van der Waals surface area contributed by atoms with Gasteiger partial charge in [0.2, 0.25) is 5.91 Å². The van der Waals surface area contributed by atoms with Crippen LogP contribution in [-0.2, 0) is 9.59 Å². The second-order valence-electron chi connectivity index (χ2n) is 5.39. The molecular weight excluding hydrogens is 310 g/mol. The summed E-state index contributed by atoms with van der Waals surface area (Å²) >= 11 is 1.55. The van der Waals surface area contributed by atoms with Crippen molar-refractivity contribution in [3.8, 4) is 0 Å². The topological polar surface area (TPSA) is 70.6 Å². The number of hydrazone groups is 1. The van der Waals surface area contributed by atoms with Crippen molar-refractivity contribution in [2.75, 3.05) is 6.54 Å². The van der Waals surface area contributed by atoms with Crippen molar-refractivity contribution in [2.45, 2.75) is 12.8 Å². The van der Waals surface area contributed by atoms with Crippen LogP contribution < -0.4 is 10.7 Å². The van der Waals surface area contributed by atoms with E-state index in [0.717, 1.165) is 16.2 Å². The van der Waals surface area contributed by atoms with Crippen molar-refractivity contribution in [3.63, 3.8) is 0 Å². The van der Waals surface area contributed by atoms with Crippen LogP contribution in [0.25, 0.3) is 0 Å². The molecule has 1 aliphatic heterocycles. The summed E-state index contributed by atoms with van der Waals surface area (Å²) in [7, 11) is 0. The van der Waals surface area contributed by atoms with Gasteiger partial charge >= 0.3 is 0 Å². The Labute approximate surface area is 138 Å². The van der Waals surface area contributed by atoms with Crippen molar-refractivity contribution in [1.29, 1.82) is 0 Å². The van der Waals surface area contributed by atoms with Crippen LogP contribution in [0.5, 0.6) is 0 Å². The molecule has 0 bridgehead atoms. The lowest BCUT2D eigenvalue weighted by Crippen LogP contribution is -2.35. The predicted molar refractivity (Wildman–Crippen MR) is 90.4 cm³/mol. The van der Waals surface area contributed by atoms with Crippen LogP contribution in [0.15, 0.2) is 52.9 Å². The molecule has 1 saturated heterocycles. The van der Waals surface area contributed by atoms with E-state index < -0.39 is 5.92 Å². The van der Waals surface area contributed by atoms with Crippen molar-refractivity contribution in [1.82, 2.24) is 10.7 Å². The van der Waals surface area contributed by atoms with Crippen LogP contribution in [0.3, 0.4) is 0 Å². The summed E-state index contributed by atoms with van der Waals surface area (Å²) in [6.45, 7) is 2.30. The maximum absolute atomic E-state index is 12.4. The summed E-state index contributed by atoms with van der Waals surface area (Å²) < 4.78 is 0. The third-order valence-corrected chi connectivity index (χ3v) is 4.88. The molecule has 0 saturated carbocycles. The molecule has 5 nitrogen and oxygen atoms in total. The minimum atomic E-state index is -0.753. The van der Waals surface area contributed by atoms with Crippen LogP contribution in [0.1, 0.15) is 23.3 Å². The van der Waals surface area contributed by atoms with Gasteiger partial charge < -0.3 is 5.32 Å². The molecular formula is C17H17N3O2S. The number of hydrogen-bond donors (Lipinski definition) is 2. The number of amides is 2. The maximum atomic E-state index is 12.4. The molecule has 118 valence electrons. The Morgan fingerprint density at radius 3 is 2.74 bits per heavy atom. The first-order chi connectivity index (χ1) is 11.2. The Bertz CT molecular complexity index is 726. The lowest BCUT2D eigenvalue weighted by Gasteiger charge is -2.15. The first-order valence-electron chi connectivity index (χ1n) is 7.37. The first kappa shape index (κ1) is 15.4. The number of benzene rings is 1. The fourth-order valence-corrected chi connectivity index (χ4v) is 3.36. The van der Waals surface area contributed by atoms with Gasteiger partial charge in [0.1, 0.15) is 5.92 Å². The Balaban J connectivity index is 1.74. The second kappa shape index (κ2) is 6.75. The minimum Gasteiger partial charge on any atom is -0.355 e. The molecule has 3 rings (SSSR count). The van der Waals surface area contributed by atoms with Gasteiger partial charge in [-0.1, -0.05) is 36.4 Å². The van der Waals surface area contributed by atoms with E-state index in [-0.39, 0.29) is 17.7 Å². The normalized spacial score (nSPS) is 21.1. The first-order valence-corrected chi connectivity index (χ1v) is 8.25. The summed E-state index contributed by atoms with van der Waals surface area (Å²) in [5, 5.41) is 8.84. The van der Waals surface area contributed by atoms with Crippen LogP contribution in [0.4, 0.5) is 0 Å². The van der Waals surface area contributed by atoms with E-state index in [2.05, 4.69) is 15.8 Å². The number of rotatable bonds is 4. The highest BCUT2D eigenvalue weighted by Crippen LogP contribution is 2.29. The summed E-state index contributed by atoms with van der Waals surface area (Å²) in [5.41, 5.74) is 4.24. The van der Waals surface area contributed by atoms with Crippen molar-refractivity contribution >= 4 is 28.9 Å². The van der Waals surface area contributed by atoms with Crippen LogP contribution in [0, 0.1) is 5.92 Å². The zero-order chi connectivity index (χ0) is 16.2. The lowest BCUT2D eigenvalue weighted by atomic mass is 9.88. The largest absolute Gasteiger partial charge is 0.355 e. The Kier molecular flexibility index (Phi) is 4.52. The molecule has 0 radical (unpaired) electrons. The quantitative estimate of drug-likeness (QED) is 0.513. The molecule has 1 aliphatic rings. The number of hydrogen-bond acceptors (Lipinski definition) is 4. The van der Waals surface area contributed by atoms with E-state index in [1.165, 1.54) is 0 Å². The molecule has 1 aromatic carbocycles. The smallest absolute Gasteiger partial charge is 0.253 e. The third-order valence-electron chi connectivity index (χ3n) is 3.90. The fourth-order valence-electron chi connectivity index (χ4n) is 2.68. The molecule has 2 N–H and O–H groups in total. The second-order valence-corrected chi connectivity index (χ2v) is 6.34. The van der Waals surface area contributed by atoms with E-state index in [0.29, 0.717) is 6.54 Å². The zero-order valence-corrected chi connectivity index (χ0v) is 13.5. The SMILES string of the molecule is C/C(=N/NC(=O)C1C(=O)NCC1c1ccccc1)c1cccs1. The summed E-state index contributed by atoms with van der Waals surface area (Å²) in [6, 6.07) is 13.5. The molecule has 1 fully saturated rings. The Morgan fingerprint density at radius 1 is 1.26 bits per heavy atom. The van der Waals surface area contributed by atoms with Crippen LogP contribution >= 0.6 is 11.3 Å². The van der Waals surface area contributed by atoms with Gasteiger partial charge in [-0.05, 0) is 23.9 Å². The molecule has 2 amide bonds. The van der Waals surface area contributed by atoms with Gasteiger partial charge in [0.05, 0.1) is 5.71 Å².